The summed E-state index contributed by atoms with van der Waals surface area (Å²) in [6.07, 6.45) is 2.57. The first-order chi connectivity index (χ1) is 8.88. The molecule has 0 bridgehead atoms. The van der Waals surface area contributed by atoms with E-state index in [1.807, 2.05) is 24.3 Å². The van der Waals surface area contributed by atoms with Crippen molar-refractivity contribution in [3.8, 4) is 5.88 Å². The molecule has 18 heavy (non-hydrogen) atoms. The van der Waals surface area contributed by atoms with Crippen molar-refractivity contribution in [2.24, 2.45) is 0 Å². The first-order valence-electron chi connectivity index (χ1n) is 5.78. The Bertz CT molecular complexity index is 661. The average Bonchev–Trinajstić information content (AvgIpc) is 2.83. The predicted molar refractivity (Wildman–Crippen MR) is 69.7 cm³/mol. The fourth-order valence-electron chi connectivity index (χ4n) is 2.05. The Hall–Kier alpha value is -2.36. The van der Waals surface area contributed by atoms with Crippen molar-refractivity contribution in [1.82, 2.24) is 15.2 Å². The second-order valence-corrected chi connectivity index (χ2v) is 4.08. The topological polar surface area (TPSA) is 50.8 Å². The van der Waals surface area contributed by atoms with E-state index in [9.17, 15) is 0 Å². The molecule has 2 aromatic heterocycles. The minimum absolute atomic E-state index is 0.558. The van der Waals surface area contributed by atoms with Gasteiger partial charge < -0.3 is 4.74 Å². The van der Waals surface area contributed by atoms with Gasteiger partial charge in [-0.2, -0.15) is 5.10 Å². The molecule has 0 aliphatic rings. The summed E-state index contributed by atoms with van der Waals surface area (Å²) >= 11 is 0. The van der Waals surface area contributed by atoms with E-state index >= 15 is 0 Å². The zero-order valence-corrected chi connectivity index (χ0v) is 10.1. The van der Waals surface area contributed by atoms with Gasteiger partial charge in [-0.25, -0.2) is 4.98 Å². The van der Waals surface area contributed by atoms with E-state index in [2.05, 4.69) is 27.3 Å². The summed E-state index contributed by atoms with van der Waals surface area (Å²) in [4.78, 5) is 4.14. The Balaban J connectivity index is 2.03. The summed E-state index contributed by atoms with van der Waals surface area (Å²) in [7, 11) is 1.60. The molecule has 2 heterocycles. The molecule has 0 saturated heterocycles. The van der Waals surface area contributed by atoms with E-state index in [4.69, 9.17) is 4.74 Å². The summed E-state index contributed by atoms with van der Waals surface area (Å²) in [6.45, 7) is 0. The fourth-order valence-corrected chi connectivity index (χ4v) is 2.05. The Morgan fingerprint density at radius 2 is 2.00 bits per heavy atom. The Morgan fingerprint density at radius 1 is 1.17 bits per heavy atom. The molecule has 1 aromatic carbocycles. The van der Waals surface area contributed by atoms with Crippen LogP contribution in [0.5, 0.6) is 5.88 Å². The van der Waals surface area contributed by atoms with Gasteiger partial charge in [0.05, 0.1) is 7.11 Å². The Kier molecular flexibility index (Phi) is 2.68. The van der Waals surface area contributed by atoms with Gasteiger partial charge in [0.15, 0.2) is 5.52 Å². The zero-order chi connectivity index (χ0) is 12.4. The monoisotopic (exact) mass is 239 g/mol. The van der Waals surface area contributed by atoms with Crippen molar-refractivity contribution < 1.29 is 4.74 Å². The van der Waals surface area contributed by atoms with Crippen LogP contribution in [-0.2, 0) is 6.42 Å². The van der Waals surface area contributed by atoms with Gasteiger partial charge in [-0.3, -0.25) is 5.10 Å². The standard InChI is InChI=1S/C14H13N3O/c1-18-14-13-11(7-8-15-14)12(16-17-13)9-10-5-3-2-4-6-10/h2-8H,9H2,1H3,(H,16,17). The number of methoxy groups -OCH3 is 1. The molecule has 0 unspecified atom stereocenters. The second-order valence-electron chi connectivity index (χ2n) is 4.08. The molecule has 4 heteroatoms. The van der Waals surface area contributed by atoms with Crippen LogP contribution in [-0.4, -0.2) is 22.3 Å². The van der Waals surface area contributed by atoms with Crippen molar-refractivity contribution in [3.63, 3.8) is 0 Å². The number of H-pyrrole nitrogens is 1. The molecule has 3 aromatic rings. The third-order valence-corrected chi connectivity index (χ3v) is 2.94. The van der Waals surface area contributed by atoms with Crippen LogP contribution >= 0.6 is 0 Å². The summed E-state index contributed by atoms with van der Waals surface area (Å²) < 4.78 is 5.20. The molecular formula is C14H13N3O. The number of ether oxygens (including phenoxy) is 1. The van der Waals surface area contributed by atoms with Gasteiger partial charge in [-0.15, -0.1) is 0 Å². The number of aromatic nitrogens is 3. The average molecular weight is 239 g/mol. The van der Waals surface area contributed by atoms with Gasteiger partial charge in [-0.05, 0) is 11.6 Å². The third kappa shape index (κ3) is 1.82. The number of aromatic amines is 1. The summed E-state index contributed by atoms with van der Waals surface area (Å²) in [5.41, 5.74) is 3.11. The fraction of sp³-hybridized carbons (Fsp3) is 0.143. The maximum atomic E-state index is 5.20. The third-order valence-electron chi connectivity index (χ3n) is 2.94. The molecule has 0 aliphatic heterocycles. The highest BCUT2D eigenvalue weighted by molar-refractivity contribution is 5.85. The lowest BCUT2D eigenvalue weighted by molar-refractivity contribution is 0.402. The number of nitrogens with zero attached hydrogens (tertiary/aromatic N) is 2. The number of benzene rings is 1. The lowest BCUT2D eigenvalue weighted by Gasteiger charge is -2.00. The van der Waals surface area contributed by atoms with Crippen LogP contribution in [0.2, 0.25) is 0 Å². The van der Waals surface area contributed by atoms with Crippen LogP contribution in [0.25, 0.3) is 10.9 Å². The lowest BCUT2D eigenvalue weighted by Crippen LogP contribution is -1.89. The molecule has 0 radical (unpaired) electrons. The van der Waals surface area contributed by atoms with E-state index in [-0.39, 0.29) is 0 Å². The quantitative estimate of drug-likeness (QED) is 0.764. The van der Waals surface area contributed by atoms with Crippen molar-refractivity contribution in [3.05, 3.63) is 53.9 Å². The Labute approximate surface area is 105 Å². The number of hydrogen-bond acceptors (Lipinski definition) is 3. The van der Waals surface area contributed by atoms with Crippen LogP contribution in [0.4, 0.5) is 0 Å². The smallest absolute Gasteiger partial charge is 0.242 e. The number of rotatable bonds is 3. The molecule has 0 aliphatic carbocycles. The minimum Gasteiger partial charge on any atom is -0.479 e. The van der Waals surface area contributed by atoms with Gasteiger partial charge in [0, 0.05) is 23.7 Å². The molecule has 0 spiro atoms. The second kappa shape index (κ2) is 4.49. The maximum absolute atomic E-state index is 5.20. The Morgan fingerprint density at radius 3 is 2.78 bits per heavy atom. The molecule has 3 rings (SSSR count). The lowest BCUT2D eigenvalue weighted by atomic mass is 10.1. The molecule has 0 amide bonds. The summed E-state index contributed by atoms with van der Waals surface area (Å²) in [5, 5.41) is 8.40. The molecule has 90 valence electrons. The van der Waals surface area contributed by atoms with E-state index < -0.39 is 0 Å². The van der Waals surface area contributed by atoms with E-state index in [0.717, 1.165) is 23.0 Å². The van der Waals surface area contributed by atoms with Crippen molar-refractivity contribution in [2.75, 3.05) is 7.11 Å². The van der Waals surface area contributed by atoms with Crippen LogP contribution in [0, 0.1) is 0 Å². The van der Waals surface area contributed by atoms with Gasteiger partial charge in [0.1, 0.15) is 0 Å². The van der Waals surface area contributed by atoms with E-state index in [1.54, 1.807) is 13.3 Å². The number of hydrogen-bond donors (Lipinski definition) is 1. The molecular weight excluding hydrogens is 226 g/mol. The summed E-state index contributed by atoms with van der Waals surface area (Å²) in [5.74, 6) is 0.558. The van der Waals surface area contributed by atoms with Crippen molar-refractivity contribution >= 4 is 10.9 Å². The highest BCUT2D eigenvalue weighted by Gasteiger charge is 2.10. The van der Waals surface area contributed by atoms with Crippen molar-refractivity contribution in [2.45, 2.75) is 6.42 Å². The largest absolute Gasteiger partial charge is 0.479 e. The van der Waals surface area contributed by atoms with Crippen LogP contribution < -0.4 is 4.74 Å². The van der Waals surface area contributed by atoms with E-state index in [1.165, 1.54) is 5.56 Å². The van der Waals surface area contributed by atoms with Gasteiger partial charge in [0.2, 0.25) is 5.88 Å². The predicted octanol–water partition coefficient (Wildman–Crippen LogP) is 2.56. The summed E-state index contributed by atoms with van der Waals surface area (Å²) in [6, 6.07) is 12.3. The number of pyridine rings is 1. The molecule has 4 nitrogen and oxygen atoms in total. The highest BCUT2D eigenvalue weighted by Crippen LogP contribution is 2.24. The zero-order valence-electron chi connectivity index (χ0n) is 10.1. The van der Waals surface area contributed by atoms with Gasteiger partial charge >= 0.3 is 0 Å². The van der Waals surface area contributed by atoms with E-state index in [0.29, 0.717) is 5.88 Å². The highest BCUT2D eigenvalue weighted by atomic mass is 16.5. The first kappa shape index (κ1) is 10.8. The van der Waals surface area contributed by atoms with Gasteiger partial charge in [-0.1, -0.05) is 30.3 Å². The number of nitrogens with one attached hydrogen (secondary N) is 1. The minimum atomic E-state index is 0.558. The van der Waals surface area contributed by atoms with Crippen LogP contribution in [0.1, 0.15) is 11.3 Å². The van der Waals surface area contributed by atoms with Crippen molar-refractivity contribution in [1.29, 1.82) is 0 Å². The van der Waals surface area contributed by atoms with Crippen LogP contribution in [0.3, 0.4) is 0 Å². The first-order valence-corrected chi connectivity index (χ1v) is 5.78. The maximum Gasteiger partial charge on any atom is 0.242 e. The molecule has 0 atom stereocenters. The van der Waals surface area contributed by atoms with Crippen LogP contribution in [0.15, 0.2) is 42.6 Å². The molecule has 0 saturated carbocycles. The molecule has 0 fully saturated rings. The normalized spacial score (nSPS) is 10.7. The number of fused-ring (bicyclic) bond motifs is 1. The molecule has 1 N–H and O–H groups in total. The van der Waals surface area contributed by atoms with Gasteiger partial charge in [0.25, 0.3) is 0 Å². The SMILES string of the molecule is COc1nccc2c(Cc3ccccc3)[nH]nc12.